The Labute approximate surface area is 114 Å². The van der Waals surface area contributed by atoms with Crippen molar-refractivity contribution in [3.05, 3.63) is 0 Å². The largest absolute Gasteiger partial charge is 0.480 e. The minimum atomic E-state index is -1.14. The molecule has 0 aromatic carbocycles. The summed E-state index contributed by atoms with van der Waals surface area (Å²) in [5.74, 6) is -0.807. The van der Waals surface area contributed by atoms with Crippen molar-refractivity contribution < 1.29 is 19.4 Å². The molecule has 0 heterocycles. The molecule has 1 aliphatic carbocycles. The summed E-state index contributed by atoms with van der Waals surface area (Å²) in [7, 11) is 0. The average Bonchev–Trinajstić information content (AvgIpc) is 2.26. The maximum absolute atomic E-state index is 11.9. The third-order valence-electron chi connectivity index (χ3n) is 3.71. The van der Waals surface area contributed by atoms with E-state index in [1.54, 1.807) is 6.92 Å². The molecule has 0 aromatic rings. The highest BCUT2D eigenvalue weighted by Crippen LogP contribution is 2.32. The fraction of sp³-hybridized carbons (Fsp3) is 0.857. The van der Waals surface area contributed by atoms with Crippen molar-refractivity contribution in [3.63, 3.8) is 0 Å². The number of carboxylic acid groups (broad SMARTS) is 1. The number of carboxylic acids is 1. The van der Waals surface area contributed by atoms with Gasteiger partial charge in [0.05, 0.1) is 6.10 Å². The summed E-state index contributed by atoms with van der Waals surface area (Å²) in [5, 5.41) is 11.9. The molecule has 1 aliphatic rings. The molecule has 0 saturated heterocycles. The molecule has 0 aromatic heterocycles. The Morgan fingerprint density at radius 1 is 1.37 bits per heavy atom. The van der Waals surface area contributed by atoms with Gasteiger partial charge in [0.25, 0.3) is 0 Å². The van der Waals surface area contributed by atoms with Gasteiger partial charge >= 0.3 is 5.97 Å². The standard InChI is InChI=1S/C14H25NO4/c1-4-6-14(3,13(17)18)15-12(16)9-10-7-11(8-10)19-5-2/h10-11H,4-9H2,1-3H3,(H,15,16)(H,17,18). The van der Waals surface area contributed by atoms with Gasteiger partial charge in [-0.1, -0.05) is 13.3 Å². The summed E-state index contributed by atoms with van der Waals surface area (Å²) in [6.45, 7) is 6.15. The lowest BCUT2D eigenvalue weighted by molar-refractivity contribution is -0.147. The second kappa shape index (κ2) is 6.89. The Hall–Kier alpha value is -1.10. The van der Waals surface area contributed by atoms with E-state index >= 15 is 0 Å². The molecule has 0 radical (unpaired) electrons. The van der Waals surface area contributed by atoms with Crippen molar-refractivity contribution in [1.29, 1.82) is 0 Å². The third kappa shape index (κ3) is 4.49. The highest BCUT2D eigenvalue weighted by atomic mass is 16.5. The van der Waals surface area contributed by atoms with Crippen molar-refractivity contribution in [1.82, 2.24) is 5.32 Å². The van der Waals surface area contributed by atoms with Crippen LogP contribution in [-0.4, -0.2) is 35.2 Å². The number of hydrogen-bond acceptors (Lipinski definition) is 3. The number of hydrogen-bond donors (Lipinski definition) is 2. The minimum absolute atomic E-state index is 0.168. The predicted octanol–water partition coefficient (Wildman–Crippen LogP) is 1.95. The zero-order chi connectivity index (χ0) is 14.5. The fourth-order valence-corrected chi connectivity index (χ4v) is 2.56. The van der Waals surface area contributed by atoms with E-state index in [1.807, 2.05) is 13.8 Å². The normalized spacial score (nSPS) is 25.2. The van der Waals surface area contributed by atoms with Crippen LogP contribution in [0.5, 0.6) is 0 Å². The number of nitrogens with one attached hydrogen (secondary N) is 1. The maximum Gasteiger partial charge on any atom is 0.329 e. The highest BCUT2D eigenvalue weighted by Gasteiger charge is 2.36. The van der Waals surface area contributed by atoms with Crippen molar-refractivity contribution in [3.8, 4) is 0 Å². The molecule has 2 N–H and O–H groups in total. The Bertz CT molecular complexity index is 325. The SMILES string of the molecule is CCCC(C)(NC(=O)CC1CC(OCC)C1)C(=O)O. The van der Waals surface area contributed by atoms with Crippen molar-refractivity contribution >= 4 is 11.9 Å². The maximum atomic E-state index is 11.9. The smallest absolute Gasteiger partial charge is 0.329 e. The van der Waals surface area contributed by atoms with Crippen LogP contribution in [-0.2, 0) is 14.3 Å². The van der Waals surface area contributed by atoms with Gasteiger partial charge in [-0.05, 0) is 39.0 Å². The summed E-state index contributed by atoms with van der Waals surface area (Å²) in [6, 6.07) is 0. The van der Waals surface area contributed by atoms with E-state index in [4.69, 9.17) is 4.74 Å². The molecule has 0 aliphatic heterocycles. The number of carbonyl (C=O) groups is 2. The first-order valence-corrected chi connectivity index (χ1v) is 7.07. The van der Waals surface area contributed by atoms with Gasteiger partial charge in [0.15, 0.2) is 0 Å². The van der Waals surface area contributed by atoms with E-state index in [0.29, 0.717) is 25.4 Å². The van der Waals surface area contributed by atoms with Crippen LogP contribution >= 0.6 is 0 Å². The molecule has 0 spiro atoms. The Kier molecular flexibility index (Phi) is 5.79. The van der Waals surface area contributed by atoms with E-state index in [9.17, 15) is 14.7 Å². The monoisotopic (exact) mass is 271 g/mol. The molecule has 1 unspecified atom stereocenters. The van der Waals surface area contributed by atoms with Gasteiger partial charge in [-0.3, -0.25) is 4.79 Å². The molecule has 19 heavy (non-hydrogen) atoms. The van der Waals surface area contributed by atoms with Gasteiger partial charge in [-0.2, -0.15) is 0 Å². The fourth-order valence-electron chi connectivity index (χ4n) is 2.56. The van der Waals surface area contributed by atoms with Gasteiger partial charge in [-0.25, -0.2) is 4.79 Å². The zero-order valence-corrected chi connectivity index (χ0v) is 12.1. The zero-order valence-electron chi connectivity index (χ0n) is 12.1. The first-order chi connectivity index (χ1) is 8.91. The van der Waals surface area contributed by atoms with Gasteiger partial charge < -0.3 is 15.2 Å². The molecular weight excluding hydrogens is 246 g/mol. The molecule has 1 fully saturated rings. The van der Waals surface area contributed by atoms with Crippen molar-refractivity contribution in [2.24, 2.45) is 5.92 Å². The molecule has 110 valence electrons. The van der Waals surface area contributed by atoms with Gasteiger partial charge in [0, 0.05) is 13.0 Å². The van der Waals surface area contributed by atoms with E-state index in [2.05, 4.69) is 5.32 Å². The predicted molar refractivity (Wildman–Crippen MR) is 71.8 cm³/mol. The lowest BCUT2D eigenvalue weighted by atomic mass is 9.79. The van der Waals surface area contributed by atoms with Crippen molar-refractivity contribution in [2.75, 3.05) is 6.61 Å². The summed E-state index contributed by atoms with van der Waals surface area (Å²) in [6.07, 6.45) is 3.65. The number of rotatable bonds is 8. The van der Waals surface area contributed by atoms with Gasteiger partial charge in [-0.15, -0.1) is 0 Å². The Morgan fingerprint density at radius 3 is 2.47 bits per heavy atom. The van der Waals surface area contributed by atoms with Crippen LogP contribution in [0.1, 0.15) is 52.9 Å². The molecule has 1 amide bonds. The van der Waals surface area contributed by atoms with Crippen molar-refractivity contribution in [2.45, 2.75) is 64.5 Å². The third-order valence-corrected chi connectivity index (χ3v) is 3.71. The molecule has 5 heteroatoms. The van der Waals surface area contributed by atoms with Crippen LogP contribution in [0.2, 0.25) is 0 Å². The molecule has 0 bridgehead atoms. The molecule has 5 nitrogen and oxygen atoms in total. The first-order valence-electron chi connectivity index (χ1n) is 7.07. The van der Waals surface area contributed by atoms with Crippen LogP contribution in [0.15, 0.2) is 0 Å². The van der Waals surface area contributed by atoms with Crippen LogP contribution < -0.4 is 5.32 Å². The highest BCUT2D eigenvalue weighted by molar-refractivity contribution is 5.86. The number of amides is 1. The number of aliphatic carboxylic acids is 1. The molecule has 1 rings (SSSR count). The van der Waals surface area contributed by atoms with Crippen LogP contribution in [0, 0.1) is 5.92 Å². The summed E-state index contributed by atoms with van der Waals surface area (Å²) in [4.78, 5) is 23.1. The molecular formula is C14H25NO4. The van der Waals surface area contributed by atoms with E-state index in [-0.39, 0.29) is 12.0 Å². The first kappa shape index (κ1) is 16.0. The quantitative estimate of drug-likeness (QED) is 0.707. The lowest BCUT2D eigenvalue weighted by Crippen LogP contribution is -2.52. The Balaban J connectivity index is 2.36. The van der Waals surface area contributed by atoms with Crippen LogP contribution in [0.25, 0.3) is 0 Å². The summed E-state index contributed by atoms with van der Waals surface area (Å²) < 4.78 is 5.44. The second-order valence-corrected chi connectivity index (χ2v) is 5.55. The number of ether oxygens (including phenoxy) is 1. The molecule has 1 saturated carbocycles. The minimum Gasteiger partial charge on any atom is -0.480 e. The van der Waals surface area contributed by atoms with E-state index in [0.717, 1.165) is 19.3 Å². The van der Waals surface area contributed by atoms with Gasteiger partial charge in [0.2, 0.25) is 5.91 Å². The van der Waals surface area contributed by atoms with Gasteiger partial charge in [0.1, 0.15) is 5.54 Å². The van der Waals surface area contributed by atoms with E-state index in [1.165, 1.54) is 0 Å². The molecule has 1 atom stereocenters. The summed E-state index contributed by atoms with van der Waals surface area (Å²) >= 11 is 0. The topological polar surface area (TPSA) is 75.6 Å². The second-order valence-electron chi connectivity index (χ2n) is 5.55. The Morgan fingerprint density at radius 2 is 2.00 bits per heavy atom. The average molecular weight is 271 g/mol. The summed E-state index contributed by atoms with van der Waals surface area (Å²) in [5.41, 5.74) is -1.14. The van der Waals surface area contributed by atoms with Crippen LogP contribution in [0.3, 0.4) is 0 Å². The van der Waals surface area contributed by atoms with E-state index < -0.39 is 11.5 Å². The van der Waals surface area contributed by atoms with Crippen LogP contribution in [0.4, 0.5) is 0 Å². The number of carbonyl (C=O) groups excluding carboxylic acids is 1. The lowest BCUT2D eigenvalue weighted by Gasteiger charge is -2.35.